The van der Waals surface area contributed by atoms with E-state index in [4.69, 9.17) is 0 Å². The van der Waals surface area contributed by atoms with Gasteiger partial charge < -0.3 is 15.0 Å². The molecular weight excluding hydrogens is 254 g/mol. The van der Waals surface area contributed by atoms with Gasteiger partial charge in [-0.15, -0.1) is 0 Å². The van der Waals surface area contributed by atoms with Gasteiger partial charge in [-0.25, -0.2) is 0 Å². The van der Waals surface area contributed by atoms with E-state index < -0.39 is 6.61 Å². The summed E-state index contributed by atoms with van der Waals surface area (Å²) in [6, 6.07) is 6.26. The van der Waals surface area contributed by atoms with Crippen LogP contribution in [0.3, 0.4) is 0 Å². The third-order valence-electron chi connectivity index (χ3n) is 2.47. The van der Waals surface area contributed by atoms with Crippen LogP contribution in [0, 0.1) is 0 Å². The predicted molar refractivity (Wildman–Crippen MR) is 69.5 cm³/mol. The first-order valence-corrected chi connectivity index (χ1v) is 5.98. The Morgan fingerprint density at radius 3 is 2.47 bits per heavy atom. The standard InChI is InChI=1S/C13H18F2N2O2/c1-17(2)12(18)4-3-9-16-10-5-7-11(8-6-10)19-13(14)15/h5-8,13,16H,3-4,9H2,1-2H3. The van der Waals surface area contributed by atoms with E-state index >= 15 is 0 Å². The lowest BCUT2D eigenvalue weighted by atomic mass is 10.2. The number of halogens is 2. The van der Waals surface area contributed by atoms with Gasteiger partial charge in [0.25, 0.3) is 0 Å². The number of anilines is 1. The van der Waals surface area contributed by atoms with Gasteiger partial charge in [-0.2, -0.15) is 8.78 Å². The van der Waals surface area contributed by atoms with Gasteiger partial charge in [-0.3, -0.25) is 4.79 Å². The smallest absolute Gasteiger partial charge is 0.387 e. The molecule has 0 saturated carbocycles. The van der Waals surface area contributed by atoms with Gasteiger partial charge in [-0.05, 0) is 30.7 Å². The fourth-order valence-electron chi connectivity index (χ4n) is 1.45. The Labute approximate surface area is 111 Å². The summed E-state index contributed by atoms with van der Waals surface area (Å²) in [4.78, 5) is 12.9. The molecule has 0 bridgehead atoms. The normalized spacial score (nSPS) is 10.4. The Bertz CT molecular complexity index is 394. The average Bonchev–Trinajstić information content (AvgIpc) is 2.35. The summed E-state index contributed by atoms with van der Waals surface area (Å²) >= 11 is 0. The number of rotatable bonds is 7. The number of carbonyl (C=O) groups excluding carboxylic acids is 1. The second-order valence-corrected chi connectivity index (χ2v) is 4.22. The maximum atomic E-state index is 11.9. The lowest BCUT2D eigenvalue weighted by Crippen LogP contribution is -2.22. The van der Waals surface area contributed by atoms with Crippen molar-refractivity contribution < 1.29 is 18.3 Å². The lowest BCUT2D eigenvalue weighted by Gasteiger charge is -2.11. The van der Waals surface area contributed by atoms with Crippen molar-refractivity contribution in [2.75, 3.05) is 26.0 Å². The fourth-order valence-corrected chi connectivity index (χ4v) is 1.45. The summed E-state index contributed by atoms with van der Waals surface area (Å²) in [6.45, 7) is -2.16. The first-order valence-electron chi connectivity index (χ1n) is 5.98. The molecule has 4 nitrogen and oxygen atoms in total. The molecule has 1 aromatic rings. The van der Waals surface area contributed by atoms with Gasteiger partial charge in [0.05, 0.1) is 0 Å². The highest BCUT2D eigenvalue weighted by atomic mass is 19.3. The van der Waals surface area contributed by atoms with Gasteiger partial charge in [0.1, 0.15) is 5.75 Å². The number of alkyl halides is 2. The zero-order valence-corrected chi connectivity index (χ0v) is 11.0. The van der Waals surface area contributed by atoms with Gasteiger partial charge in [0.2, 0.25) is 5.91 Å². The summed E-state index contributed by atoms with van der Waals surface area (Å²) in [6.07, 6.45) is 1.19. The van der Waals surface area contributed by atoms with Gasteiger partial charge in [0.15, 0.2) is 0 Å². The Hall–Kier alpha value is -1.85. The monoisotopic (exact) mass is 272 g/mol. The van der Waals surface area contributed by atoms with Crippen LogP contribution < -0.4 is 10.1 Å². The molecule has 106 valence electrons. The zero-order valence-electron chi connectivity index (χ0n) is 11.0. The molecule has 1 amide bonds. The third-order valence-corrected chi connectivity index (χ3v) is 2.47. The average molecular weight is 272 g/mol. The van der Waals surface area contributed by atoms with Crippen LogP contribution in [0.2, 0.25) is 0 Å². The number of hydrogen-bond donors (Lipinski definition) is 1. The highest BCUT2D eigenvalue weighted by Gasteiger charge is 2.04. The molecule has 1 N–H and O–H groups in total. The summed E-state index contributed by atoms with van der Waals surface area (Å²) in [5.74, 6) is 0.214. The minimum absolute atomic E-state index is 0.0856. The van der Waals surface area contributed by atoms with Gasteiger partial charge in [0, 0.05) is 32.7 Å². The molecule has 0 saturated heterocycles. The first-order chi connectivity index (χ1) is 8.99. The predicted octanol–water partition coefficient (Wildman–Crippen LogP) is 2.57. The van der Waals surface area contributed by atoms with Crippen LogP contribution in [-0.4, -0.2) is 38.1 Å². The Morgan fingerprint density at radius 1 is 1.32 bits per heavy atom. The summed E-state index contributed by atoms with van der Waals surface area (Å²) in [5, 5.41) is 3.11. The molecule has 6 heteroatoms. The van der Waals surface area contributed by atoms with E-state index in [0.717, 1.165) is 5.69 Å². The topological polar surface area (TPSA) is 41.6 Å². The molecular formula is C13H18F2N2O2. The largest absolute Gasteiger partial charge is 0.435 e. The summed E-state index contributed by atoms with van der Waals surface area (Å²) in [7, 11) is 3.44. The van der Waals surface area contributed by atoms with Crippen LogP contribution in [0.4, 0.5) is 14.5 Å². The van der Waals surface area contributed by atoms with Crippen LogP contribution in [-0.2, 0) is 4.79 Å². The Morgan fingerprint density at radius 2 is 1.95 bits per heavy atom. The molecule has 0 aromatic heterocycles. The number of carbonyl (C=O) groups is 1. The third kappa shape index (κ3) is 6.03. The highest BCUT2D eigenvalue weighted by molar-refractivity contribution is 5.75. The van der Waals surface area contributed by atoms with Crippen molar-refractivity contribution in [1.82, 2.24) is 4.90 Å². The number of ether oxygens (including phenoxy) is 1. The van der Waals surface area contributed by atoms with Crippen molar-refractivity contribution in [3.63, 3.8) is 0 Å². The van der Waals surface area contributed by atoms with E-state index in [9.17, 15) is 13.6 Å². The number of nitrogens with one attached hydrogen (secondary N) is 1. The van der Waals surface area contributed by atoms with Crippen molar-refractivity contribution >= 4 is 11.6 Å². The zero-order chi connectivity index (χ0) is 14.3. The maximum absolute atomic E-state index is 11.9. The highest BCUT2D eigenvalue weighted by Crippen LogP contribution is 2.17. The molecule has 1 aromatic carbocycles. The summed E-state index contributed by atoms with van der Waals surface area (Å²) < 4.78 is 28.1. The number of amides is 1. The molecule has 19 heavy (non-hydrogen) atoms. The second kappa shape index (κ2) is 7.56. The van der Waals surface area contributed by atoms with E-state index in [1.54, 1.807) is 31.1 Å². The maximum Gasteiger partial charge on any atom is 0.387 e. The van der Waals surface area contributed by atoms with Crippen molar-refractivity contribution in [1.29, 1.82) is 0 Å². The number of benzene rings is 1. The molecule has 0 heterocycles. The lowest BCUT2D eigenvalue weighted by molar-refractivity contribution is -0.128. The van der Waals surface area contributed by atoms with Crippen LogP contribution >= 0.6 is 0 Å². The van der Waals surface area contributed by atoms with Crippen LogP contribution in [0.1, 0.15) is 12.8 Å². The van der Waals surface area contributed by atoms with Gasteiger partial charge >= 0.3 is 6.61 Å². The number of nitrogens with zero attached hydrogens (tertiary/aromatic N) is 1. The molecule has 1 rings (SSSR count). The van der Waals surface area contributed by atoms with Crippen molar-refractivity contribution in [2.24, 2.45) is 0 Å². The SMILES string of the molecule is CN(C)C(=O)CCCNc1ccc(OC(F)F)cc1. The van der Waals surface area contributed by atoms with Crippen molar-refractivity contribution in [3.05, 3.63) is 24.3 Å². The van der Waals surface area contributed by atoms with Crippen LogP contribution in [0.15, 0.2) is 24.3 Å². The molecule has 0 unspecified atom stereocenters. The molecule has 0 fully saturated rings. The van der Waals surface area contributed by atoms with E-state index in [0.29, 0.717) is 19.4 Å². The Kier molecular flexibility index (Phi) is 6.05. The first kappa shape index (κ1) is 15.2. The van der Waals surface area contributed by atoms with Crippen LogP contribution in [0.25, 0.3) is 0 Å². The summed E-state index contributed by atoms with van der Waals surface area (Å²) in [5.41, 5.74) is 0.805. The van der Waals surface area contributed by atoms with E-state index in [1.807, 2.05) is 0 Å². The molecule has 0 aliphatic heterocycles. The van der Waals surface area contributed by atoms with E-state index in [-0.39, 0.29) is 11.7 Å². The van der Waals surface area contributed by atoms with E-state index in [1.165, 1.54) is 12.1 Å². The molecule has 0 aliphatic rings. The van der Waals surface area contributed by atoms with Gasteiger partial charge in [-0.1, -0.05) is 0 Å². The van der Waals surface area contributed by atoms with E-state index in [2.05, 4.69) is 10.1 Å². The molecule has 0 aliphatic carbocycles. The minimum Gasteiger partial charge on any atom is -0.435 e. The molecule has 0 atom stereocenters. The van der Waals surface area contributed by atoms with Crippen LogP contribution in [0.5, 0.6) is 5.75 Å². The quantitative estimate of drug-likeness (QED) is 0.776. The Balaban J connectivity index is 2.28. The number of hydrogen-bond acceptors (Lipinski definition) is 3. The second-order valence-electron chi connectivity index (χ2n) is 4.22. The molecule has 0 radical (unpaired) electrons. The molecule has 0 spiro atoms. The fraction of sp³-hybridized carbons (Fsp3) is 0.462. The van der Waals surface area contributed by atoms with Crippen molar-refractivity contribution in [3.8, 4) is 5.75 Å². The van der Waals surface area contributed by atoms with Crippen molar-refractivity contribution in [2.45, 2.75) is 19.5 Å². The minimum atomic E-state index is -2.81.